The molecule has 0 aliphatic heterocycles. The molecule has 0 radical (unpaired) electrons. The zero-order valence-corrected chi connectivity index (χ0v) is 15.6. The Morgan fingerprint density at radius 2 is 1.88 bits per heavy atom. The number of rotatable bonds is 8. The maximum absolute atomic E-state index is 12.4. The second-order valence-electron chi connectivity index (χ2n) is 5.22. The highest BCUT2D eigenvalue weighted by Crippen LogP contribution is 2.29. The van der Waals surface area contributed by atoms with Gasteiger partial charge in [0.2, 0.25) is 15.9 Å². The maximum atomic E-state index is 12.4. The molecule has 2 amide bonds. The molecular formula is C14H19Cl2N3O4S. The minimum absolute atomic E-state index is 0.0393. The van der Waals surface area contributed by atoms with Gasteiger partial charge in [-0.1, -0.05) is 36.5 Å². The summed E-state index contributed by atoms with van der Waals surface area (Å²) in [6.45, 7) is 3.26. The van der Waals surface area contributed by atoms with Crippen LogP contribution in [-0.4, -0.2) is 32.8 Å². The Morgan fingerprint density at radius 1 is 1.25 bits per heavy atom. The third kappa shape index (κ3) is 5.62. The van der Waals surface area contributed by atoms with Gasteiger partial charge < -0.3 is 11.1 Å². The van der Waals surface area contributed by atoms with Crippen molar-refractivity contribution >= 4 is 45.0 Å². The van der Waals surface area contributed by atoms with Crippen molar-refractivity contribution in [2.75, 3.05) is 6.54 Å². The molecule has 0 aliphatic carbocycles. The van der Waals surface area contributed by atoms with E-state index in [4.69, 9.17) is 28.9 Å². The Morgan fingerprint density at radius 3 is 2.42 bits per heavy atom. The Balaban J connectivity index is 3.18. The summed E-state index contributed by atoms with van der Waals surface area (Å²) in [7, 11) is -3.93. The van der Waals surface area contributed by atoms with E-state index in [-0.39, 0.29) is 26.5 Å². The smallest absolute Gasteiger partial charge is 0.253 e. The van der Waals surface area contributed by atoms with E-state index in [0.29, 0.717) is 6.42 Å². The van der Waals surface area contributed by atoms with Crippen molar-refractivity contribution in [3.63, 3.8) is 0 Å². The van der Waals surface area contributed by atoms with Gasteiger partial charge in [-0.2, -0.15) is 0 Å². The summed E-state index contributed by atoms with van der Waals surface area (Å²) in [5.41, 5.74) is 4.83. The van der Waals surface area contributed by atoms with Gasteiger partial charge in [0.15, 0.2) is 0 Å². The van der Waals surface area contributed by atoms with Crippen molar-refractivity contribution in [3.05, 3.63) is 27.7 Å². The molecule has 0 heterocycles. The monoisotopic (exact) mass is 395 g/mol. The van der Waals surface area contributed by atoms with E-state index >= 15 is 0 Å². The number of carbonyl (C=O) groups excluding carboxylic acids is 2. The molecule has 1 atom stereocenters. The number of sulfonamides is 1. The van der Waals surface area contributed by atoms with Gasteiger partial charge in [-0.3, -0.25) is 9.59 Å². The summed E-state index contributed by atoms with van der Waals surface area (Å²) in [5.74, 6) is -1.47. The van der Waals surface area contributed by atoms with E-state index in [2.05, 4.69) is 10.0 Å². The van der Waals surface area contributed by atoms with Gasteiger partial charge in [0, 0.05) is 6.04 Å². The first kappa shape index (κ1) is 20.7. The lowest BCUT2D eigenvalue weighted by molar-refractivity contribution is -0.117. The first-order valence-electron chi connectivity index (χ1n) is 7.16. The standard InChI is InChI=1S/C14H19Cl2N3O4S/c1-3-4-8(2)19-24(22,23)12-5-9(10(15)6-11(12)16)14(21)18-7-13(17)20/h5-6,8,19H,3-4,7H2,1-2H3,(H2,17,20)(H,18,21)/t8-/m0/s1. The normalized spacial score (nSPS) is 12.7. The SMILES string of the molecule is CCC[C@H](C)NS(=O)(=O)c1cc(C(=O)NCC(N)=O)c(Cl)cc1Cl. The highest BCUT2D eigenvalue weighted by molar-refractivity contribution is 7.89. The van der Waals surface area contributed by atoms with Crippen LogP contribution in [-0.2, 0) is 14.8 Å². The number of primary amides is 1. The Hall–Kier alpha value is -1.35. The van der Waals surface area contributed by atoms with E-state index < -0.39 is 28.4 Å². The zero-order valence-electron chi connectivity index (χ0n) is 13.2. The van der Waals surface area contributed by atoms with Crippen LogP contribution in [0.2, 0.25) is 10.0 Å². The minimum atomic E-state index is -3.93. The number of hydrogen-bond donors (Lipinski definition) is 3. The topological polar surface area (TPSA) is 118 Å². The van der Waals surface area contributed by atoms with Gasteiger partial charge in [-0.05, 0) is 25.5 Å². The fourth-order valence-corrected chi connectivity index (χ4v) is 4.13. The van der Waals surface area contributed by atoms with E-state index in [0.717, 1.165) is 12.5 Å². The highest BCUT2D eigenvalue weighted by atomic mass is 35.5. The second kappa shape index (κ2) is 8.66. The fourth-order valence-electron chi connectivity index (χ4n) is 1.99. The molecule has 10 heteroatoms. The lowest BCUT2D eigenvalue weighted by Crippen LogP contribution is -2.34. The van der Waals surface area contributed by atoms with Crippen molar-refractivity contribution in [3.8, 4) is 0 Å². The van der Waals surface area contributed by atoms with Crippen LogP contribution in [0.25, 0.3) is 0 Å². The Kier molecular flexibility index (Phi) is 7.47. The quantitative estimate of drug-likeness (QED) is 0.619. The third-order valence-corrected chi connectivity index (χ3v) is 5.42. The van der Waals surface area contributed by atoms with Crippen molar-refractivity contribution in [2.45, 2.75) is 37.6 Å². The van der Waals surface area contributed by atoms with Gasteiger partial charge >= 0.3 is 0 Å². The number of nitrogens with one attached hydrogen (secondary N) is 2. The Bertz CT molecular complexity index is 738. The van der Waals surface area contributed by atoms with Crippen molar-refractivity contribution in [2.24, 2.45) is 5.73 Å². The molecule has 0 spiro atoms. The molecule has 0 aromatic heterocycles. The summed E-state index contributed by atoms with van der Waals surface area (Å²) < 4.78 is 27.4. The summed E-state index contributed by atoms with van der Waals surface area (Å²) in [5, 5.41) is 2.09. The number of carbonyl (C=O) groups is 2. The van der Waals surface area contributed by atoms with Crippen LogP contribution in [0.3, 0.4) is 0 Å². The molecule has 0 fully saturated rings. The fraction of sp³-hybridized carbons (Fsp3) is 0.429. The van der Waals surface area contributed by atoms with Gasteiger partial charge in [-0.15, -0.1) is 0 Å². The molecule has 7 nitrogen and oxygen atoms in total. The van der Waals surface area contributed by atoms with Crippen molar-refractivity contribution in [1.82, 2.24) is 10.0 Å². The molecule has 134 valence electrons. The van der Waals surface area contributed by atoms with Crippen LogP contribution in [0.1, 0.15) is 37.0 Å². The zero-order chi connectivity index (χ0) is 18.5. The summed E-state index contributed by atoms with van der Waals surface area (Å²) in [6, 6.07) is 1.95. The molecular weight excluding hydrogens is 377 g/mol. The first-order valence-corrected chi connectivity index (χ1v) is 9.40. The van der Waals surface area contributed by atoms with Crippen molar-refractivity contribution < 1.29 is 18.0 Å². The number of benzene rings is 1. The van der Waals surface area contributed by atoms with E-state index in [9.17, 15) is 18.0 Å². The average molecular weight is 396 g/mol. The molecule has 4 N–H and O–H groups in total. The van der Waals surface area contributed by atoms with Crippen LogP contribution in [0, 0.1) is 0 Å². The van der Waals surface area contributed by atoms with Crippen LogP contribution in [0.4, 0.5) is 0 Å². The Labute approximate surface area is 150 Å². The number of halogens is 2. The predicted molar refractivity (Wildman–Crippen MR) is 92.7 cm³/mol. The van der Waals surface area contributed by atoms with Crippen LogP contribution in [0.5, 0.6) is 0 Å². The number of hydrogen-bond acceptors (Lipinski definition) is 4. The second-order valence-corrected chi connectivity index (χ2v) is 7.72. The highest BCUT2D eigenvalue weighted by Gasteiger charge is 2.24. The van der Waals surface area contributed by atoms with E-state index in [1.807, 2.05) is 6.92 Å². The van der Waals surface area contributed by atoms with Crippen LogP contribution < -0.4 is 15.8 Å². The van der Waals surface area contributed by atoms with Gasteiger partial charge in [0.25, 0.3) is 5.91 Å². The summed E-state index contributed by atoms with van der Waals surface area (Å²) in [4.78, 5) is 22.5. The van der Waals surface area contributed by atoms with Crippen molar-refractivity contribution in [1.29, 1.82) is 0 Å². The van der Waals surface area contributed by atoms with Crippen LogP contribution in [0.15, 0.2) is 17.0 Å². The molecule has 24 heavy (non-hydrogen) atoms. The van der Waals surface area contributed by atoms with Gasteiger partial charge in [-0.25, -0.2) is 13.1 Å². The van der Waals surface area contributed by atoms with E-state index in [1.165, 1.54) is 6.07 Å². The first-order chi connectivity index (χ1) is 11.1. The van der Waals surface area contributed by atoms with Gasteiger partial charge in [0.05, 0.1) is 22.2 Å². The largest absolute Gasteiger partial charge is 0.368 e. The molecule has 1 aromatic carbocycles. The summed E-state index contributed by atoms with van der Waals surface area (Å²) in [6.07, 6.45) is 1.45. The van der Waals surface area contributed by atoms with E-state index in [1.54, 1.807) is 6.92 Å². The predicted octanol–water partition coefficient (Wildman–Crippen LogP) is 1.68. The molecule has 1 aromatic rings. The third-order valence-electron chi connectivity index (χ3n) is 3.06. The molecule has 0 aliphatic rings. The molecule has 1 rings (SSSR count). The van der Waals surface area contributed by atoms with Gasteiger partial charge in [0.1, 0.15) is 4.90 Å². The van der Waals surface area contributed by atoms with Crippen LogP contribution >= 0.6 is 23.2 Å². The average Bonchev–Trinajstić information content (AvgIpc) is 2.44. The number of nitrogens with two attached hydrogens (primary N) is 1. The molecule has 0 unspecified atom stereocenters. The number of amides is 2. The lowest BCUT2D eigenvalue weighted by atomic mass is 10.2. The molecule has 0 saturated heterocycles. The minimum Gasteiger partial charge on any atom is -0.368 e. The lowest BCUT2D eigenvalue weighted by Gasteiger charge is -2.15. The maximum Gasteiger partial charge on any atom is 0.253 e. The molecule has 0 saturated carbocycles. The molecule has 0 bridgehead atoms. The summed E-state index contributed by atoms with van der Waals surface area (Å²) >= 11 is 11.9.